The first-order valence-electron chi connectivity index (χ1n) is 7.26. The molecule has 0 radical (unpaired) electrons. The highest BCUT2D eigenvalue weighted by molar-refractivity contribution is 5.37. The third-order valence-corrected chi connectivity index (χ3v) is 3.29. The van der Waals surface area contributed by atoms with E-state index in [1.807, 2.05) is 0 Å². The molecule has 0 fully saturated rings. The van der Waals surface area contributed by atoms with Crippen molar-refractivity contribution in [3.63, 3.8) is 0 Å². The van der Waals surface area contributed by atoms with E-state index in [-0.39, 0.29) is 24.0 Å². The largest absolute Gasteiger partial charge is 0.457 e. The number of alkyl halides is 5. The minimum atomic E-state index is -4.86. The molecule has 2 heterocycles. The van der Waals surface area contributed by atoms with Gasteiger partial charge in [-0.3, -0.25) is 0 Å². The summed E-state index contributed by atoms with van der Waals surface area (Å²) in [7, 11) is 0. The summed E-state index contributed by atoms with van der Waals surface area (Å²) in [6, 6.07) is 3.06. The third kappa shape index (κ3) is 4.33. The number of hydrogen-bond acceptors (Lipinski definition) is 5. The molecule has 0 atom stereocenters. The standard InChI is InChI=1S/C15H9F6N5O/c16-11-2-1-9(5-10(11)15(19,20)21)26-6-8(24-25-26)7-27-14-22-4-3-12(23-14)13(17)18/h1-6,13H,7H2. The Bertz CT molecular complexity index is 942. The van der Waals surface area contributed by atoms with Crippen LogP contribution in [-0.4, -0.2) is 25.0 Å². The molecule has 0 spiro atoms. The van der Waals surface area contributed by atoms with E-state index in [9.17, 15) is 26.3 Å². The number of benzene rings is 1. The van der Waals surface area contributed by atoms with Crippen molar-refractivity contribution in [1.82, 2.24) is 25.0 Å². The maximum absolute atomic E-state index is 13.3. The molecule has 0 unspecified atom stereocenters. The van der Waals surface area contributed by atoms with Crippen molar-refractivity contribution in [2.75, 3.05) is 0 Å². The number of nitrogens with zero attached hydrogens (tertiary/aromatic N) is 5. The van der Waals surface area contributed by atoms with Gasteiger partial charge in [0.2, 0.25) is 0 Å². The van der Waals surface area contributed by atoms with Gasteiger partial charge in [-0.15, -0.1) is 5.10 Å². The van der Waals surface area contributed by atoms with Crippen molar-refractivity contribution < 1.29 is 31.1 Å². The molecular weight excluding hydrogens is 380 g/mol. The van der Waals surface area contributed by atoms with Gasteiger partial charge in [0.05, 0.1) is 17.4 Å². The Morgan fingerprint density at radius 2 is 1.93 bits per heavy atom. The Hall–Kier alpha value is -3.18. The Balaban J connectivity index is 1.75. The van der Waals surface area contributed by atoms with Crippen LogP contribution in [0.1, 0.15) is 23.4 Å². The van der Waals surface area contributed by atoms with Crippen LogP contribution in [0, 0.1) is 5.82 Å². The van der Waals surface area contributed by atoms with Gasteiger partial charge in [0.25, 0.3) is 6.43 Å². The molecule has 142 valence electrons. The lowest BCUT2D eigenvalue weighted by Gasteiger charge is -2.09. The van der Waals surface area contributed by atoms with Gasteiger partial charge >= 0.3 is 12.2 Å². The Morgan fingerprint density at radius 3 is 2.63 bits per heavy atom. The van der Waals surface area contributed by atoms with Crippen LogP contribution in [0.5, 0.6) is 6.01 Å². The van der Waals surface area contributed by atoms with Gasteiger partial charge in [-0.1, -0.05) is 5.21 Å². The summed E-state index contributed by atoms with van der Waals surface area (Å²) < 4.78 is 82.9. The van der Waals surface area contributed by atoms with Gasteiger partial charge in [0.15, 0.2) is 0 Å². The molecule has 1 aromatic carbocycles. The quantitative estimate of drug-likeness (QED) is 0.622. The first-order chi connectivity index (χ1) is 12.7. The second-order valence-corrected chi connectivity index (χ2v) is 5.17. The van der Waals surface area contributed by atoms with Crippen molar-refractivity contribution >= 4 is 0 Å². The predicted octanol–water partition coefficient (Wildman–Crippen LogP) is 3.73. The SMILES string of the molecule is Fc1ccc(-n2cc(COc3nccc(C(F)F)n3)nn2)cc1C(F)(F)F. The van der Waals surface area contributed by atoms with Crippen molar-refractivity contribution in [2.45, 2.75) is 19.2 Å². The van der Waals surface area contributed by atoms with E-state index >= 15 is 0 Å². The molecule has 0 aliphatic carbocycles. The molecule has 6 nitrogen and oxygen atoms in total. The van der Waals surface area contributed by atoms with Crippen LogP contribution in [-0.2, 0) is 12.8 Å². The van der Waals surface area contributed by atoms with E-state index in [1.165, 1.54) is 6.20 Å². The lowest BCUT2D eigenvalue weighted by atomic mass is 10.2. The van der Waals surface area contributed by atoms with Crippen LogP contribution >= 0.6 is 0 Å². The van der Waals surface area contributed by atoms with Gasteiger partial charge in [-0.2, -0.15) is 18.2 Å². The fourth-order valence-electron chi connectivity index (χ4n) is 2.05. The lowest BCUT2D eigenvalue weighted by molar-refractivity contribution is -0.140. The number of rotatable bonds is 5. The molecular formula is C15H9F6N5O. The minimum Gasteiger partial charge on any atom is -0.457 e. The lowest BCUT2D eigenvalue weighted by Crippen LogP contribution is -2.09. The van der Waals surface area contributed by atoms with E-state index in [4.69, 9.17) is 4.74 Å². The zero-order valence-electron chi connectivity index (χ0n) is 13.2. The smallest absolute Gasteiger partial charge is 0.419 e. The Kier molecular flexibility index (Phi) is 4.97. The van der Waals surface area contributed by atoms with Crippen LogP contribution in [0.2, 0.25) is 0 Å². The Morgan fingerprint density at radius 1 is 1.15 bits per heavy atom. The molecule has 3 rings (SSSR count). The summed E-state index contributed by atoms with van der Waals surface area (Å²) in [5.41, 5.74) is -1.86. The third-order valence-electron chi connectivity index (χ3n) is 3.29. The van der Waals surface area contributed by atoms with E-state index in [0.717, 1.165) is 23.0 Å². The summed E-state index contributed by atoms with van der Waals surface area (Å²) >= 11 is 0. The second kappa shape index (κ2) is 7.21. The van der Waals surface area contributed by atoms with Crippen LogP contribution in [0.4, 0.5) is 26.3 Å². The maximum atomic E-state index is 13.3. The van der Waals surface area contributed by atoms with Gasteiger partial charge in [-0.25, -0.2) is 22.8 Å². The molecule has 0 N–H and O–H groups in total. The zero-order valence-corrected chi connectivity index (χ0v) is 13.2. The topological polar surface area (TPSA) is 65.7 Å². The second-order valence-electron chi connectivity index (χ2n) is 5.17. The normalized spacial score (nSPS) is 11.8. The van der Waals surface area contributed by atoms with Crippen molar-refractivity contribution in [3.05, 3.63) is 59.4 Å². The van der Waals surface area contributed by atoms with Gasteiger partial charge < -0.3 is 4.74 Å². The van der Waals surface area contributed by atoms with Gasteiger partial charge in [-0.05, 0) is 24.3 Å². The fraction of sp³-hybridized carbons (Fsp3) is 0.200. The zero-order chi connectivity index (χ0) is 19.6. The first kappa shape index (κ1) is 18.6. The average molecular weight is 389 g/mol. The molecule has 0 amide bonds. The molecule has 27 heavy (non-hydrogen) atoms. The molecule has 12 heteroatoms. The molecule has 2 aromatic heterocycles. The monoisotopic (exact) mass is 389 g/mol. The molecule has 0 bridgehead atoms. The molecule has 0 saturated carbocycles. The highest BCUT2D eigenvalue weighted by atomic mass is 19.4. The molecule has 3 aromatic rings. The van der Waals surface area contributed by atoms with Crippen LogP contribution < -0.4 is 4.74 Å². The highest BCUT2D eigenvalue weighted by Gasteiger charge is 2.34. The number of hydrogen-bond donors (Lipinski definition) is 0. The van der Waals surface area contributed by atoms with E-state index in [2.05, 4.69) is 20.3 Å². The summed E-state index contributed by atoms with van der Waals surface area (Å²) in [6.45, 7) is -0.264. The number of ether oxygens (including phenoxy) is 1. The summed E-state index contributed by atoms with van der Waals surface area (Å²) in [5, 5.41) is 7.32. The molecule has 0 aliphatic rings. The van der Waals surface area contributed by atoms with E-state index in [0.29, 0.717) is 12.1 Å². The van der Waals surface area contributed by atoms with Crippen LogP contribution in [0.15, 0.2) is 36.7 Å². The van der Waals surface area contributed by atoms with Crippen molar-refractivity contribution in [2.24, 2.45) is 0 Å². The molecule has 0 saturated heterocycles. The fourth-order valence-corrected chi connectivity index (χ4v) is 2.05. The van der Waals surface area contributed by atoms with Crippen molar-refractivity contribution in [1.29, 1.82) is 0 Å². The highest BCUT2D eigenvalue weighted by Crippen LogP contribution is 2.32. The van der Waals surface area contributed by atoms with E-state index in [1.54, 1.807) is 0 Å². The predicted molar refractivity (Wildman–Crippen MR) is 77.6 cm³/mol. The van der Waals surface area contributed by atoms with Crippen molar-refractivity contribution in [3.8, 4) is 11.7 Å². The van der Waals surface area contributed by atoms with Crippen LogP contribution in [0.25, 0.3) is 5.69 Å². The summed E-state index contributed by atoms with van der Waals surface area (Å²) in [6.07, 6.45) is -5.32. The van der Waals surface area contributed by atoms with Gasteiger partial charge in [0.1, 0.15) is 23.8 Å². The molecule has 0 aliphatic heterocycles. The van der Waals surface area contributed by atoms with E-state index < -0.39 is 29.7 Å². The number of halogens is 6. The van der Waals surface area contributed by atoms with Gasteiger partial charge in [0, 0.05) is 6.20 Å². The minimum absolute atomic E-state index is 0.0709. The number of aromatic nitrogens is 5. The summed E-state index contributed by atoms with van der Waals surface area (Å²) in [4.78, 5) is 7.16. The first-order valence-corrected chi connectivity index (χ1v) is 7.26. The summed E-state index contributed by atoms with van der Waals surface area (Å²) in [5.74, 6) is -1.41. The van der Waals surface area contributed by atoms with Crippen LogP contribution in [0.3, 0.4) is 0 Å². The maximum Gasteiger partial charge on any atom is 0.419 e. The average Bonchev–Trinajstić information content (AvgIpc) is 3.08. The Labute approximate surface area is 147 Å².